The molecule has 1 fully saturated rings. The van der Waals surface area contributed by atoms with Crippen LogP contribution < -0.4 is 5.32 Å². The van der Waals surface area contributed by atoms with E-state index in [9.17, 15) is 34.7 Å². The minimum Gasteiger partial charge on any atom is -0.464 e. The molecule has 0 bridgehead atoms. The quantitative estimate of drug-likeness (QED) is 0.0536. The molecule has 3 N–H and O–H groups in total. The first kappa shape index (κ1) is 35.5. The molecule has 1 rings (SSSR count). The molecule has 1 aliphatic rings. The molecule has 40 heavy (non-hydrogen) atoms. The number of Topliss-reactive ketones (excluding diaryl/α,β-unsaturated/α-hetero) is 1. The van der Waals surface area contributed by atoms with Crippen molar-refractivity contribution >= 4 is 17.7 Å². The number of ketones is 1. The number of amides is 1. The van der Waals surface area contributed by atoms with E-state index in [4.69, 9.17) is 4.74 Å². The van der Waals surface area contributed by atoms with Crippen LogP contribution >= 0.6 is 0 Å². The topological polar surface area (TPSA) is 165 Å². The van der Waals surface area contributed by atoms with Gasteiger partial charge in [-0.25, -0.2) is 4.79 Å². The van der Waals surface area contributed by atoms with Crippen molar-refractivity contribution in [2.75, 3.05) is 13.2 Å². The standard InChI is InChI=1S/C29H50N2O9/c1-3-4-5-6-9-14-23(32)17-18-25-24(26(33)21-27(25)34)15-10-7-8-11-16-28(35)30-22(2)29(36)39-19-12-13-20-40-31(37)38/h7,10,22,24-27,33-34H,3-6,8-9,11-21H2,1-2H3,(H,30,35)/b10-7-/t22?,24-,25-,26+,27-/m1/s1. The van der Waals surface area contributed by atoms with E-state index in [1.807, 2.05) is 12.2 Å². The summed E-state index contributed by atoms with van der Waals surface area (Å²) in [6, 6.07) is -0.793. The molecule has 230 valence electrons. The molecule has 0 radical (unpaired) electrons. The third-order valence-corrected chi connectivity index (χ3v) is 7.40. The van der Waals surface area contributed by atoms with Crippen LogP contribution in [0.2, 0.25) is 0 Å². The van der Waals surface area contributed by atoms with Crippen LogP contribution in [0.3, 0.4) is 0 Å². The van der Waals surface area contributed by atoms with E-state index in [2.05, 4.69) is 17.1 Å². The summed E-state index contributed by atoms with van der Waals surface area (Å²) in [5.41, 5.74) is 0. The summed E-state index contributed by atoms with van der Waals surface area (Å²) in [6.45, 7) is 3.73. The zero-order valence-electron chi connectivity index (χ0n) is 24.3. The number of rotatable bonds is 23. The summed E-state index contributed by atoms with van der Waals surface area (Å²) in [7, 11) is 0. The summed E-state index contributed by atoms with van der Waals surface area (Å²) >= 11 is 0. The number of nitrogens with one attached hydrogen (secondary N) is 1. The maximum atomic E-state index is 12.3. The van der Waals surface area contributed by atoms with Gasteiger partial charge in [-0.15, -0.1) is 10.1 Å². The molecule has 0 spiro atoms. The van der Waals surface area contributed by atoms with Crippen LogP contribution in [0.4, 0.5) is 0 Å². The van der Waals surface area contributed by atoms with E-state index in [0.29, 0.717) is 57.8 Å². The maximum absolute atomic E-state index is 12.3. The summed E-state index contributed by atoms with van der Waals surface area (Å²) in [5, 5.41) is 32.7. The second-order valence-electron chi connectivity index (χ2n) is 10.8. The van der Waals surface area contributed by atoms with Crippen LogP contribution in [-0.4, -0.2) is 64.4 Å². The molecule has 0 aromatic rings. The highest BCUT2D eigenvalue weighted by atomic mass is 16.9. The highest BCUT2D eigenvalue weighted by Gasteiger charge is 2.40. The number of hydrogen-bond donors (Lipinski definition) is 3. The van der Waals surface area contributed by atoms with Gasteiger partial charge in [0.25, 0.3) is 5.09 Å². The van der Waals surface area contributed by atoms with Crippen LogP contribution in [0.25, 0.3) is 0 Å². The number of aliphatic hydroxyl groups is 2. The number of aliphatic hydroxyl groups excluding tert-OH is 2. The summed E-state index contributed by atoms with van der Waals surface area (Å²) in [4.78, 5) is 50.6. The third kappa shape index (κ3) is 15.9. The molecule has 0 aliphatic heterocycles. The maximum Gasteiger partial charge on any atom is 0.328 e. The molecular formula is C29H50N2O9. The Morgan fingerprint density at radius 1 is 0.950 bits per heavy atom. The van der Waals surface area contributed by atoms with Crippen molar-refractivity contribution in [2.45, 2.75) is 128 Å². The van der Waals surface area contributed by atoms with E-state index in [1.54, 1.807) is 0 Å². The molecular weight excluding hydrogens is 520 g/mol. The smallest absolute Gasteiger partial charge is 0.328 e. The number of carbonyl (C=O) groups excluding carboxylic acids is 3. The van der Waals surface area contributed by atoms with Gasteiger partial charge in [0, 0.05) is 19.3 Å². The zero-order valence-corrected chi connectivity index (χ0v) is 24.3. The second kappa shape index (κ2) is 21.2. The highest BCUT2D eigenvalue weighted by Crippen LogP contribution is 2.38. The zero-order chi connectivity index (χ0) is 29.8. The number of esters is 1. The number of carbonyl (C=O) groups is 3. The molecule has 1 unspecified atom stereocenters. The van der Waals surface area contributed by atoms with Gasteiger partial charge in [0.15, 0.2) is 0 Å². The fourth-order valence-electron chi connectivity index (χ4n) is 5.05. The van der Waals surface area contributed by atoms with Crippen molar-refractivity contribution in [1.82, 2.24) is 5.32 Å². The van der Waals surface area contributed by atoms with Crippen molar-refractivity contribution in [1.29, 1.82) is 0 Å². The summed E-state index contributed by atoms with van der Waals surface area (Å²) < 4.78 is 5.06. The number of nitrogens with zero attached hydrogens (tertiary/aromatic N) is 1. The SMILES string of the molecule is CCCCCCCC(=O)CC[C@@H]1[C@@H](C/C=C\CCCC(=O)NC(C)C(=O)OCCCCO[N+](=O)[O-])[C@@H](O)C[C@H]1O. The first-order valence-electron chi connectivity index (χ1n) is 14.9. The van der Waals surface area contributed by atoms with E-state index < -0.39 is 29.3 Å². The van der Waals surface area contributed by atoms with Crippen molar-refractivity contribution in [3.8, 4) is 0 Å². The lowest BCUT2D eigenvalue weighted by molar-refractivity contribution is -0.757. The molecule has 11 heteroatoms. The first-order valence-corrected chi connectivity index (χ1v) is 14.9. The Labute approximate surface area is 238 Å². The fraction of sp³-hybridized carbons (Fsp3) is 0.828. The van der Waals surface area contributed by atoms with Crippen molar-refractivity contribution < 1.29 is 39.3 Å². The normalized spacial score (nSPS) is 21.3. The Balaban J connectivity index is 2.24. The first-order chi connectivity index (χ1) is 19.1. The molecule has 1 amide bonds. The molecule has 5 atom stereocenters. The van der Waals surface area contributed by atoms with Gasteiger partial charge >= 0.3 is 5.97 Å². The van der Waals surface area contributed by atoms with Gasteiger partial charge in [0.1, 0.15) is 11.8 Å². The lowest BCUT2D eigenvalue weighted by Gasteiger charge is -2.22. The Morgan fingerprint density at radius 3 is 2.38 bits per heavy atom. The predicted molar refractivity (Wildman–Crippen MR) is 150 cm³/mol. The molecule has 0 aromatic carbocycles. The lowest BCUT2D eigenvalue weighted by Crippen LogP contribution is -2.39. The summed E-state index contributed by atoms with van der Waals surface area (Å²) in [5.74, 6) is -0.768. The molecule has 0 aromatic heterocycles. The third-order valence-electron chi connectivity index (χ3n) is 7.40. The number of hydrogen-bond acceptors (Lipinski definition) is 9. The number of allylic oxidation sites excluding steroid dienone is 2. The van der Waals surface area contributed by atoms with Crippen molar-refractivity contribution in [2.24, 2.45) is 11.8 Å². The average Bonchev–Trinajstić information content (AvgIpc) is 3.17. The Bertz CT molecular complexity index is 789. The molecule has 1 aliphatic carbocycles. The van der Waals surface area contributed by atoms with Crippen LogP contribution in [0.5, 0.6) is 0 Å². The number of unbranched alkanes of at least 4 members (excludes halogenated alkanes) is 6. The van der Waals surface area contributed by atoms with E-state index >= 15 is 0 Å². The lowest BCUT2D eigenvalue weighted by atomic mass is 9.86. The van der Waals surface area contributed by atoms with Gasteiger partial charge in [-0.1, -0.05) is 44.8 Å². The minimum atomic E-state index is -0.872. The molecule has 0 heterocycles. The van der Waals surface area contributed by atoms with Crippen LogP contribution in [0.1, 0.15) is 110 Å². The van der Waals surface area contributed by atoms with Gasteiger partial charge in [-0.05, 0) is 70.1 Å². The number of ether oxygens (including phenoxy) is 1. The van der Waals surface area contributed by atoms with E-state index in [-0.39, 0.29) is 43.2 Å². The van der Waals surface area contributed by atoms with E-state index in [1.165, 1.54) is 26.2 Å². The Morgan fingerprint density at radius 2 is 1.65 bits per heavy atom. The van der Waals surface area contributed by atoms with Gasteiger partial charge in [-0.3, -0.25) is 9.59 Å². The van der Waals surface area contributed by atoms with Gasteiger partial charge in [-0.2, -0.15) is 0 Å². The van der Waals surface area contributed by atoms with Crippen molar-refractivity contribution in [3.05, 3.63) is 22.3 Å². The predicted octanol–water partition coefficient (Wildman–Crippen LogP) is 4.21. The van der Waals surface area contributed by atoms with Crippen molar-refractivity contribution in [3.63, 3.8) is 0 Å². The van der Waals surface area contributed by atoms with Gasteiger partial charge < -0.3 is 25.1 Å². The van der Waals surface area contributed by atoms with Crippen LogP contribution in [0.15, 0.2) is 12.2 Å². The second-order valence-corrected chi connectivity index (χ2v) is 10.8. The monoisotopic (exact) mass is 570 g/mol. The highest BCUT2D eigenvalue weighted by molar-refractivity contribution is 5.84. The minimum absolute atomic E-state index is 0.0601. The van der Waals surface area contributed by atoms with Gasteiger partial charge in [0.2, 0.25) is 5.91 Å². The Hall–Kier alpha value is -2.53. The molecule has 1 saturated carbocycles. The van der Waals surface area contributed by atoms with Crippen LogP contribution in [-0.2, 0) is 24.0 Å². The van der Waals surface area contributed by atoms with Gasteiger partial charge in [0.05, 0.1) is 25.4 Å². The largest absolute Gasteiger partial charge is 0.464 e. The molecule has 0 saturated heterocycles. The van der Waals surface area contributed by atoms with Crippen LogP contribution in [0, 0.1) is 22.0 Å². The van der Waals surface area contributed by atoms with E-state index in [0.717, 1.165) is 12.8 Å². The Kier molecular flexibility index (Phi) is 18.9. The fourth-order valence-corrected chi connectivity index (χ4v) is 5.05. The molecule has 11 nitrogen and oxygen atoms in total. The average molecular weight is 571 g/mol. The summed E-state index contributed by atoms with van der Waals surface area (Å²) in [6.07, 6.45) is 13.2.